The van der Waals surface area contributed by atoms with E-state index in [0.29, 0.717) is 5.92 Å². The van der Waals surface area contributed by atoms with E-state index in [4.69, 9.17) is 0 Å². The molecule has 0 radical (unpaired) electrons. The second-order valence-corrected chi connectivity index (χ2v) is 3.66. The van der Waals surface area contributed by atoms with Gasteiger partial charge in [-0.15, -0.1) is 0 Å². The predicted octanol–water partition coefficient (Wildman–Crippen LogP) is 3.40. The molecule has 0 aliphatic heterocycles. The molecule has 2 rings (SSSR count). The first-order chi connectivity index (χ1) is 5.77. The molecule has 1 atom stereocenters. The molecule has 0 fully saturated rings. The second-order valence-electron chi connectivity index (χ2n) is 3.66. The Morgan fingerprint density at radius 2 is 2.42 bits per heavy atom. The first-order valence-electron chi connectivity index (χ1n) is 4.49. The van der Waals surface area contributed by atoms with E-state index in [1.54, 1.807) is 5.57 Å². The molecule has 0 N–H and O–H groups in total. The third-order valence-corrected chi connectivity index (χ3v) is 2.66. The van der Waals surface area contributed by atoms with E-state index in [2.05, 4.69) is 37.8 Å². The third-order valence-electron chi connectivity index (χ3n) is 2.66. The first-order valence-corrected chi connectivity index (χ1v) is 4.49. The Balaban J connectivity index is 2.24. The molecule has 0 aromatic rings. The minimum Gasteiger partial charge on any atom is -0.0958 e. The van der Waals surface area contributed by atoms with Crippen LogP contribution in [0, 0.1) is 5.92 Å². The van der Waals surface area contributed by atoms with Crippen molar-refractivity contribution < 1.29 is 0 Å². The highest BCUT2D eigenvalue weighted by molar-refractivity contribution is 5.43. The average Bonchev–Trinajstić information content (AvgIpc) is 2.46. The Bertz CT molecular complexity index is 300. The standard InChI is InChI=1S/C12H14/c1-9(2)12-7-10-5-3-4-6-11(10)8-12/h3-5,8,11H,1,6-7H2,2H3. The summed E-state index contributed by atoms with van der Waals surface area (Å²) < 4.78 is 0. The van der Waals surface area contributed by atoms with Crippen molar-refractivity contribution in [2.45, 2.75) is 19.8 Å². The maximum atomic E-state index is 3.98. The lowest BCUT2D eigenvalue weighted by Crippen LogP contribution is -1.96. The summed E-state index contributed by atoms with van der Waals surface area (Å²) in [5, 5.41) is 0. The van der Waals surface area contributed by atoms with Gasteiger partial charge in [-0.05, 0) is 25.3 Å². The molecule has 1 unspecified atom stereocenters. The van der Waals surface area contributed by atoms with Gasteiger partial charge in [0.25, 0.3) is 0 Å². The fourth-order valence-electron chi connectivity index (χ4n) is 1.87. The molecule has 2 aliphatic carbocycles. The Hall–Kier alpha value is -1.04. The van der Waals surface area contributed by atoms with Gasteiger partial charge in [0.05, 0.1) is 0 Å². The van der Waals surface area contributed by atoms with Gasteiger partial charge in [-0.3, -0.25) is 0 Å². The second kappa shape index (κ2) is 2.78. The van der Waals surface area contributed by atoms with Crippen LogP contribution in [0.25, 0.3) is 0 Å². The fraction of sp³-hybridized carbons (Fsp3) is 0.333. The van der Waals surface area contributed by atoms with Gasteiger partial charge < -0.3 is 0 Å². The minimum absolute atomic E-state index is 0.682. The van der Waals surface area contributed by atoms with E-state index in [1.807, 2.05) is 0 Å². The molecule has 0 bridgehead atoms. The Labute approximate surface area is 74.0 Å². The van der Waals surface area contributed by atoms with Gasteiger partial charge in [-0.25, -0.2) is 0 Å². The fourth-order valence-corrected chi connectivity index (χ4v) is 1.87. The number of hydrogen-bond acceptors (Lipinski definition) is 0. The predicted molar refractivity (Wildman–Crippen MR) is 52.8 cm³/mol. The van der Waals surface area contributed by atoms with Gasteiger partial charge in [0.1, 0.15) is 0 Å². The van der Waals surface area contributed by atoms with Crippen molar-refractivity contribution in [3.05, 3.63) is 47.6 Å². The molecule has 0 aromatic carbocycles. The van der Waals surface area contributed by atoms with Crippen LogP contribution in [0.2, 0.25) is 0 Å². The van der Waals surface area contributed by atoms with Crippen LogP contribution in [-0.4, -0.2) is 0 Å². The summed E-state index contributed by atoms with van der Waals surface area (Å²) in [4.78, 5) is 0. The van der Waals surface area contributed by atoms with E-state index in [9.17, 15) is 0 Å². The topological polar surface area (TPSA) is 0 Å². The first kappa shape index (κ1) is 7.60. The van der Waals surface area contributed by atoms with Crippen LogP contribution in [0.4, 0.5) is 0 Å². The van der Waals surface area contributed by atoms with Crippen molar-refractivity contribution in [2.24, 2.45) is 5.92 Å². The summed E-state index contributed by atoms with van der Waals surface area (Å²) in [6, 6.07) is 0. The van der Waals surface area contributed by atoms with Crippen molar-refractivity contribution in [1.82, 2.24) is 0 Å². The van der Waals surface area contributed by atoms with Crippen molar-refractivity contribution in [2.75, 3.05) is 0 Å². The normalized spacial score (nSPS) is 26.2. The van der Waals surface area contributed by atoms with E-state index in [0.717, 1.165) is 6.42 Å². The molecule has 0 aromatic heterocycles. The maximum Gasteiger partial charge on any atom is 0.00238 e. The Morgan fingerprint density at radius 1 is 1.58 bits per heavy atom. The summed E-state index contributed by atoms with van der Waals surface area (Å²) in [7, 11) is 0. The van der Waals surface area contributed by atoms with E-state index in [-0.39, 0.29) is 0 Å². The molecular weight excluding hydrogens is 144 g/mol. The maximum absolute atomic E-state index is 3.98. The molecule has 0 heteroatoms. The number of rotatable bonds is 1. The van der Waals surface area contributed by atoms with Crippen LogP contribution in [-0.2, 0) is 0 Å². The smallest absolute Gasteiger partial charge is 0.00238 e. The quantitative estimate of drug-likeness (QED) is 0.548. The van der Waals surface area contributed by atoms with Gasteiger partial charge in [0.2, 0.25) is 0 Å². The van der Waals surface area contributed by atoms with Crippen molar-refractivity contribution in [3.8, 4) is 0 Å². The van der Waals surface area contributed by atoms with Crippen LogP contribution in [0.1, 0.15) is 19.8 Å². The summed E-state index contributed by atoms with van der Waals surface area (Å²) in [6.07, 6.45) is 11.3. The van der Waals surface area contributed by atoms with Crippen molar-refractivity contribution >= 4 is 0 Å². The monoisotopic (exact) mass is 158 g/mol. The largest absolute Gasteiger partial charge is 0.0958 e. The highest BCUT2D eigenvalue weighted by Gasteiger charge is 2.21. The highest BCUT2D eigenvalue weighted by atomic mass is 14.3. The highest BCUT2D eigenvalue weighted by Crippen LogP contribution is 2.36. The van der Waals surface area contributed by atoms with Gasteiger partial charge in [0, 0.05) is 5.92 Å². The zero-order valence-corrected chi connectivity index (χ0v) is 7.51. The lowest BCUT2D eigenvalue weighted by molar-refractivity contribution is 0.777. The van der Waals surface area contributed by atoms with Crippen molar-refractivity contribution in [1.29, 1.82) is 0 Å². The van der Waals surface area contributed by atoms with E-state index < -0.39 is 0 Å². The molecule has 0 saturated heterocycles. The molecule has 0 saturated carbocycles. The Morgan fingerprint density at radius 3 is 3.08 bits per heavy atom. The number of hydrogen-bond donors (Lipinski definition) is 0. The van der Waals surface area contributed by atoms with Crippen LogP contribution in [0.15, 0.2) is 47.6 Å². The zero-order valence-electron chi connectivity index (χ0n) is 7.51. The Kier molecular flexibility index (Phi) is 1.76. The van der Waals surface area contributed by atoms with Crippen molar-refractivity contribution in [3.63, 3.8) is 0 Å². The number of fused-ring (bicyclic) bond motifs is 1. The molecule has 12 heavy (non-hydrogen) atoms. The zero-order chi connectivity index (χ0) is 8.55. The van der Waals surface area contributed by atoms with Gasteiger partial charge >= 0.3 is 0 Å². The third kappa shape index (κ3) is 1.18. The molecular formula is C12H14. The minimum atomic E-state index is 0.682. The van der Waals surface area contributed by atoms with Crippen LogP contribution in [0.5, 0.6) is 0 Å². The van der Waals surface area contributed by atoms with Gasteiger partial charge in [-0.1, -0.05) is 42.0 Å². The molecule has 2 aliphatic rings. The van der Waals surface area contributed by atoms with Crippen LogP contribution >= 0.6 is 0 Å². The van der Waals surface area contributed by atoms with Crippen LogP contribution < -0.4 is 0 Å². The lowest BCUT2D eigenvalue weighted by Gasteiger charge is -2.10. The summed E-state index contributed by atoms with van der Waals surface area (Å²) >= 11 is 0. The molecule has 0 spiro atoms. The molecule has 0 nitrogen and oxygen atoms in total. The summed E-state index contributed by atoms with van der Waals surface area (Å²) in [5.74, 6) is 0.682. The average molecular weight is 158 g/mol. The van der Waals surface area contributed by atoms with Gasteiger partial charge in [0.15, 0.2) is 0 Å². The summed E-state index contributed by atoms with van der Waals surface area (Å²) in [5.41, 5.74) is 4.23. The van der Waals surface area contributed by atoms with E-state index >= 15 is 0 Å². The molecule has 0 heterocycles. The number of allylic oxidation sites excluding steroid dienone is 7. The SMILES string of the molecule is C=C(C)C1=CC2CC=CC=C2C1. The van der Waals surface area contributed by atoms with E-state index in [1.165, 1.54) is 17.6 Å². The van der Waals surface area contributed by atoms with Crippen LogP contribution in [0.3, 0.4) is 0 Å². The summed E-state index contributed by atoms with van der Waals surface area (Å²) in [6.45, 7) is 6.07. The lowest BCUT2D eigenvalue weighted by atomic mass is 9.95. The molecule has 0 amide bonds. The van der Waals surface area contributed by atoms with Gasteiger partial charge in [-0.2, -0.15) is 0 Å². The molecule has 62 valence electrons.